The van der Waals surface area contributed by atoms with Crippen LogP contribution in [0.3, 0.4) is 0 Å². The van der Waals surface area contributed by atoms with Gasteiger partial charge in [0.25, 0.3) is 10.1 Å². The van der Waals surface area contributed by atoms with E-state index in [1.54, 1.807) is 18.3 Å². The number of nitrogens with zero attached hydrogens (tertiary/aromatic N) is 1. The Morgan fingerprint density at radius 1 is 1.28 bits per heavy atom. The lowest BCUT2D eigenvalue weighted by Crippen LogP contribution is -2.28. The van der Waals surface area contributed by atoms with Crippen LogP contribution in [0.15, 0.2) is 41.4 Å². The van der Waals surface area contributed by atoms with Crippen molar-refractivity contribution in [1.29, 1.82) is 0 Å². The van der Waals surface area contributed by atoms with E-state index in [0.29, 0.717) is 17.8 Å². The number of pyridine rings is 1. The van der Waals surface area contributed by atoms with Gasteiger partial charge in [-0.1, -0.05) is 29.3 Å². The average Bonchev–Trinajstić information content (AvgIpc) is 2.55. The highest BCUT2D eigenvalue weighted by molar-refractivity contribution is 7.85. The molecule has 0 bridgehead atoms. The smallest absolute Gasteiger partial charge is 0.294 e. The fourth-order valence-electron chi connectivity index (χ4n) is 1.63. The SMILES string of the molecule is CN[C@H](C)COc1cnc(Cl)c(C)c1.Cc1ccc(S(=O)(=O)O)cc1. The number of hydrogen-bond acceptors (Lipinski definition) is 5. The summed E-state index contributed by atoms with van der Waals surface area (Å²) in [6.07, 6.45) is 1.64. The molecule has 25 heavy (non-hydrogen) atoms. The van der Waals surface area contributed by atoms with Crippen molar-refractivity contribution < 1.29 is 17.7 Å². The molecule has 0 aliphatic carbocycles. The van der Waals surface area contributed by atoms with E-state index in [-0.39, 0.29) is 4.90 Å². The van der Waals surface area contributed by atoms with Crippen LogP contribution in [-0.2, 0) is 10.1 Å². The summed E-state index contributed by atoms with van der Waals surface area (Å²) in [6.45, 7) is 6.42. The lowest BCUT2D eigenvalue weighted by molar-refractivity contribution is 0.279. The summed E-state index contributed by atoms with van der Waals surface area (Å²) in [4.78, 5) is 3.94. The highest BCUT2D eigenvalue weighted by Gasteiger charge is 2.06. The highest BCUT2D eigenvalue weighted by Crippen LogP contribution is 2.17. The Kier molecular flexibility index (Phi) is 8.31. The van der Waals surface area contributed by atoms with E-state index in [1.165, 1.54) is 12.1 Å². The maximum atomic E-state index is 10.5. The molecule has 6 nitrogen and oxygen atoms in total. The Hall–Kier alpha value is -1.67. The van der Waals surface area contributed by atoms with E-state index in [0.717, 1.165) is 16.9 Å². The van der Waals surface area contributed by atoms with E-state index in [4.69, 9.17) is 20.9 Å². The quantitative estimate of drug-likeness (QED) is 0.605. The van der Waals surface area contributed by atoms with Gasteiger partial charge in [0, 0.05) is 6.04 Å². The van der Waals surface area contributed by atoms with E-state index >= 15 is 0 Å². The van der Waals surface area contributed by atoms with Gasteiger partial charge in [-0.2, -0.15) is 8.42 Å². The number of aryl methyl sites for hydroxylation is 2. The molecular weight excluding hydrogens is 364 g/mol. The molecule has 1 aromatic carbocycles. The molecule has 1 heterocycles. The molecule has 0 radical (unpaired) electrons. The normalized spacial score (nSPS) is 12.1. The molecule has 1 aromatic heterocycles. The van der Waals surface area contributed by atoms with Gasteiger partial charge in [-0.05, 0) is 51.6 Å². The fourth-order valence-corrected chi connectivity index (χ4v) is 2.21. The predicted molar refractivity (Wildman–Crippen MR) is 99.0 cm³/mol. The van der Waals surface area contributed by atoms with Crippen molar-refractivity contribution in [3.63, 3.8) is 0 Å². The molecule has 1 atom stereocenters. The monoisotopic (exact) mass is 386 g/mol. The zero-order valence-corrected chi connectivity index (χ0v) is 16.2. The summed E-state index contributed by atoms with van der Waals surface area (Å²) in [5.74, 6) is 0.758. The number of nitrogens with one attached hydrogen (secondary N) is 1. The van der Waals surface area contributed by atoms with Crippen molar-refractivity contribution in [2.45, 2.75) is 31.7 Å². The van der Waals surface area contributed by atoms with Gasteiger partial charge in [-0.15, -0.1) is 0 Å². The molecule has 0 saturated carbocycles. The molecule has 0 spiro atoms. The molecule has 2 rings (SSSR count). The van der Waals surface area contributed by atoms with Crippen LogP contribution in [0.1, 0.15) is 18.1 Å². The number of hydrogen-bond donors (Lipinski definition) is 2. The molecule has 0 aliphatic rings. The Balaban J connectivity index is 0.000000257. The van der Waals surface area contributed by atoms with Crippen LogP contribution in [0.4, 0.5) is 0 Å². The van der Waals surface area contributed by atoms with Crippen molar-refractivity contribution in [1.82, 2.24) is 10.3 Å². The number of halogens is 1. The molecule has 2 N–H and O–H groups in total. The summed E-state index contributed by atoms with van der Waals surface area (Å²) in [5.41, 5.74) is 1.89. The zero-order valence-electron chi connectivity index (χ0n) is 14.7. The minimum Gasteiger partial charge on any atom is -0.490 e. The summed E-state index contributed by atoms with van der Waals surface area (Å²) in [7, 11) is -2.12. The molecule has 0 aliphatic heterocycles. The van der Waals surface area contributed by atoms with E-state index < -0.39 is 10.1 Å². The number of ether oxygens (including phenoxy) is 1. The van der Waals surface area contributed by atoms with E-state index in [9.17, 15) is 8.42 Å². The lowest BCUT2D eigenvalue weighted by atomic mass is 10.2. The van der Waals surface area contributed by atoms with Gasteiger partial charge in [0.15, 0.2) is 0 Å². The zero-order chi connectivity index (χ0) is 19.0. The maximum absolute atomic E-state index is 10.5. The highest BCUT2D eigenvalue weighted by atomic mass is 35.5. The Morgan fingerprint density at radius 3 is 2.36 bits per heavy atom. The first-order valence-corrected chi connectivity index (χ1v) is 9.41. The van der Waals surface area contributed by atoms with Gasteiger partial charge in [0.05, 0.1) is 11.1 Å². The van der Waals surface area contributed by atoms with Gasteiger partial charge in [0.2, 0.25) is 0 Å². The first-order valence-electron chi connectivity index (χ1n) is 7.60. The van der Waals surface area contributed by atoms with Gasteiger partial charge < -0.3 is 10.1 Å². The molecule has 0 unspecified atom stereocenters. The molecule has 0 saturated heterocycles. The average molecular weight is 387 g/mol. The van der Waals surface area contributed by atoms with Gasteiger partial charge >= 0.3 is 0 Å². The Bertz CT molecular complexity index is 780. The predicted octanol–water partition coefficient (Wildman–Crippen LogP) is 3.27. The molecular formula is C17H23ClN2O4S. The third-order valence-electron chi connectivity index (χ3n) is 3.30. The number of benzene rings is 1. The van der Waals surface area contributed by atoms with Crippen LogP contribution in [0.25, 0.3) is 0 Å². The van der Waals surface area contributed by atoms with Crippen molar-refractivity contribution in [2.75, 3.05) is 13.7 Å². The standard InChI is InChI=1S/C10H15ClN2O.C7H8O3S/c1-7-4-9(5-13-10(7)11)14-6-8(2)12-3;1-6-2-4-7(5-3-6)11(8,9)10/h4-5,8,12H,6H2,1-3H3;2-5H,1H3,(H,8,9,10)/t8-;/m1./s1. The van der Waals surface area contributed by atoms with Crippen molar-refractivity contribution in [3.05, 3.63) is 52.8 Å². The van der Waals surface area contributed by atoms with Crippen LogP contribution >= 0.6 is 11.6 Å². The Morgan fingerprint density at radius 2 is 1.88 bits per heavy atom. The van der Waals surface area contributed by atoms with Gasteiger partial charge in [-0.3, -0.25) is 4.55 Å². The molecule has 0 fully saturated rings. The molecule has 138 valence electrons. The number of rotatable bonds is 5. The first-order chi connectivity index (χ1) is 11.6. The second kappa shape index (κ2) is 9.72. The summed E-state index contributed by atoms with van der Waals surface area (Å²) in [6, 6.07) is 8.20. The van der Waals surface area contributed by atoms with Crippen LogP contribution in [0.2, 0.25) is 5.15 Å². The van der Waals surface area contributed by atoms with E-state index in [1.807, 2.05) is 27.0 Å². The lowest BCUT2D eigenvalue weighted by Gasteiger charge is -2.12. The number of aromatic nitrogens is 1. The minimum atomic E-state index is -4.02. The maximum Gasteiger partial charge on any atom is 0.294 e. The second-order valence-electron chi connectivity index (χ2n) is 5.57. The number of likely N-dealkylation sites (N-methyl/N-ethyl adjacent to an activating group) is 1. The third-order valence-corrected chi connectivity index (χ3v) is 4.56. The first kappa shape index (κ1) is 21.4. The van der Waals surface area contributed by atoms with E-state index in [2.05, 4.69) is 17.2 Å². The van der Waals surface area contributed by atoms with Crippen LogP contribution in [0, 0.1) is 13.8 Å². The van der Waals surface area contributed by atoms with Gasteiger partial charge in [0.1, 0.15) is 17.5 Å². The van der Waals surface area contributed by atoms with Crippen LogP contribution in [-0.4, -0.2) is 37.7 Å². The largest absolute Gasteiger partial charge is 0.490 e. The van der Waals surface area contributed by atoms with Crippen molar-refractivity contribution >= 4 is 21.7 Å². The third kappa shape index (κ3) is 7.83. The summed E-state index contributed by atoms with van der Waals surface area (Å²) >= 11 is 5.79. The van der Waals surface area contributed by atoms with Crippen molar-refractivity contribution in [2.24, 2.45) is 0 Å². The second-order valence-corrected chi connectivity index (χ2v) is 7.35. The fraction of sp³-hybridized carbons (Fsp3) is 0.353. The summed E-state index contributed by atoms with van der Waals surface area (Å²) in [5, 5.41) is 3.62. The minimum absolute atomic E-state index is 0.0666. The Labute approximate surface area is 153 Å². The topological polar surface area (TPSA) is 88.5 Å². The molecule has 8 heteroatoms. The summed E-state index contributed by atoms with van der Waals surface area (Å²) < 4.78 is 35.1. The van der Waals surface area contributed by atoms with Crippen LogP contribution < -0.4 is 10.1 Å². The van der Waals surface area contributed by atoms with Gasteiger partial charge in [-0.25, -0.2) is 4.98 Å². The van der Waals surface area contributed by atoms with Crippen LogP contribution in [0.5, 0.6) is 5.75 Å². The molecule has 2 aromatic rings. The molecule has 0 amide bonds. The van der Waals surface area contributed by atoms with Crippen molar-refractivity contribution in [3.8, 4) is 5.75 Å².